The lowest BCUT2D eigenvalue weighted by molar-refractivity contribution is 0.584. The average Bonchev–Trinajstić information content (AvgIpc) is 3.04. The summed E-state index contributed by atoms with van der Waals surface area (Å²) < 4.78 is 15.0. The van der Waals surface area contributed by atoms with Crippen molar-refractivity contribution in [2.75, 3.05) is 5.32 Å². The molecular formula is C18H16FN5. The van der Waals surface area contributed by atoms with E-state index in [1.165, 1.54) is 12.3 Å². The minimum atomic E-state index is -0.556. The third-order valence-corrected chi connectivity index (χ3v) is 3.27. The zero-order chi connectivity index (χ0) is 16.9. The van der Waals surface area contributed by atoms with Crippen molar-refractivity contribution in [3.8, 4) is 0 Å². The number of hydrogen-bond donors (Lipinski definition) is 1. The number of allylic oxidation sites excluding steroid dienone is 5. The molecule has 24 heavy (non-hydrogen) atoms. The molecule has 0 unspecified atom stereocenters. The van der Waals surface area contributed by atoms with Crippen LogP contribution in [-0.2, 0) is 0 Å². The molecule has 1 N–H and O–H groups in total. The smallest absolute Gasteiger partial charge is 0.214 e. The number of nitrogens with one attached hydrogen (secondary N) is 1. The van der Waals surface area contributed by atoms with Gasteiger partial charge in [-0.2, -0.15) is 4.39 Å². The molecule has 0 aliphatic heterocycles. The van der Waals surface area contributed by atoms with Gasteiger partial charge in [-0.15, -0.1) is 5.10 Å². The first-order valence-corrected chi connectivity index (χ1v) is 7.40. The highest BCUT2D eigenvalue weighted by Gasteiger charge is 2.09. The summed E-state index contributed by atoms with van der Waals surface area (Å²) in [5.41, 5.74) is 2.01. The van der Waals surface area contributed by atoms with Gasteiger partial charge in [0, 0.05) is 29.7 Å². The molecule has 0 radical (unpaired) electrons. The van der Waals surface area contributed by atoms with Crippen molar-refractivity contribution in [1.29, 1.82) is 0 Å². The number of nitrogens with zero attached hydrogens (tertiary/aromatic N) is 4. The van der Waals surface area contributed by atoms with E-state index < -0.39 is 5.95 Å². The summed E-state index contributed by atoms with van der Waals surface area (Å²) in [6.07, 6.45) is 10.7. The minimum Gasteiger partial charge on any atom is -0.338 e. The van der Waals surface area contributed by atoms with E-state index in [1.807, 2.05) is 49.6 Å². The number of halogens is 1. The van der Waals surface area contributed by atoms with E-state index in [9.17, 15) is 4.39 Å². The lowest BCUT2D eigenvalue weighted by Gasteiger charge is -2.09. The summed E-state index contributed by atoms with van der Waals surface area (Å²) in [6.45, 7) is 5.93. The Morgan fingerprint density at radius 2 is 2.21 bits per heavy atom. The first-order chi connectivity index (χ1) is 11.7. The fourth-order valence-corrected chi connectivity index (χ4v) is 2.14. The van der Waals surface area contributed by atoms with E-state index in [0.717, 1.165) is 5.52 Å². The molecule has 0 bridgehead atoms. The van der Waals surface area contributed by atoms with Crippen LogP contribution in [0.3, 0.4) is 0 Å². The normalized spacial score (nSPS) is 11.6. The van der Waals surface area contributed by atoms with Gasteiger partial charge in [0.2, 0.25) is 5.95 Å². The summed E-state index contributed by atoms with van der Waals surface area (Å²) in [5, 5.41) is 7.54. The van der Waals surface area contributed by atoms with Crippen LogP contribution in [0.4, 0.5) is 15.9 Å². The Labute approximate surface area is 138 Å². The molecule has 3 rings (SSSR count). The van der Waals surface area contributed by atoms with Crippen LogP contribution < -0.4 is 5.32 Å². The predicted octanol–water partition coefficient (Wildman–Crippen LogP) is 4.15. The SMILES string of the molecule is C=C(/C=C\C=C/C)c1nc(Nc2ccnc(F)c2)c2cccn2n1. The Hall–Kier alpha value is -3.28. The maximum atomic E-state index is 13.3. The number of fused-ring (bicyclic) bond motifs is 1. The van der Waals surface area contributed by atoms with Crippen molar-refractivity contribution in [1.82, 2.24) is 19.6 Å². The van der Waals surface area contributed by atoms with E-state index in [-0.39, 0.29) is 0 Å². The average molecular weight is 321 g/mol. The second kappa shape index (κ2) is 6.87. The molecular weight excluding hydrogens is 305 g/mol. The van der Waals surface area contributed by atoms with Crippen LogP contribution in [0, 0.1) is 5.95 Å². The predicted molar refractivity (Wildman–Crippen MR) is 93.5 cm³/mol. The molecule has 5 nitrogen and oxygen atoms in total. The highest BCUT2D eigenvalue weighted by atomic mass is 19.1. The summed E-state index contributed by atoms with van der Waals surface area (Å²) in [4.78, 5) is 8.06. The van der Waals surface area contributed by atoms with Gasteiger partial charge in [0.05, 0.1) is 0 Å². The standard InChI is InChI=1S/C18H16FN5/c1-3-4-5-7-13(2)17-22-18(15-8-6-11-24(15)23-17)21-14-9-10-20-16(19)12-14/h3-12H,2H2,1H3,(H,20,21,22,23)/b4-3-,7-5-. The Morgan fingerprint density at radius 1 is 1.33 bits per heavy atom. The lowest BCUT2D eigenvalue weighted by Crippen LogP contribution is -2.05. The van der Waals surface area contributed by atoms with Gasteiger partial charge in [-0.3, -0.25) is 0 Å². The molecule has 120 valence electrons. The van der Waals surface area contributed by atoms with Gasteiger partial charge < -0.3 is 5.32 Å². The van der Waals surface area contributed by atoms with Gasteiger partial charge in [-0.05, 0) is 25.1 Å². The Kier molecular flexibility index (Phi) is 4.47. The monoisotopic (exact) mass is 321 g/mol. The fourth-order valence-electron chi connectivity index (χ4n) is 2.14. The minimum absolute atomic E-state index is 0.483. The molecule has 0 aliphatic carbocycles. The van der Waals surface area contributed by atoms with Crippen LogP contribution in [0.1, 0.15) is 12.7 Å². The van der Waals surface area contributed by atoms with Crippen LogP contribution >= 0.6 is 0 Å². The van der Waals surface area contributed by atoms with Crippen LogP contribution in [0.5, 0.6) is 0 Å². The fraction of sp³-hybridized carbons (Fsp3) is 0.0556. The van der Waals surface area contributed by atoms with Crippen molar-refractivity contribution >= 4 is 22.6 Å². The van der Waals surface area contributed by atoms with Crippen LogP contribution in [0.25, 0.3) is 11.1 Å². The maximum Gasteiger partial charge on any atom is 0.214 e. The molecule has 3 aromatic rings. The number of hydrogen-bond acceptors (Lipinski definition) is 4. The van der Waals surface area contributed by atoms with Gasteiger partial charge in [-0.25, -0.2) is 14.5 Å². The molecule has 0 spiro atoms. The second-order valence-corrected chi connectivity index (χ2v) is 5.02. The quantitative estimate of drug-likeness (QED) is 0.566. The van der Waals surface area contributed by atoms with E-state index in [1.54, 1.807) is 10.6 Å². The Morgan fingerprint density at radius 3 is 3.00 bits per heavy atom. The molecule has 0 atom stereocenters. The van der Waals surface area contributed by atoms with Crippen LogP contribution in [-0.4, -0.2) is 19.6 Å². The first kappa shape index (κ1) is 15.6. The molecule has 3 aromatic heterocycles. The number of anilines is 2. The first-order valence-electron chi connectivity index (χ1n) is 7.40. The van der Waals surface area contributed by atoms with Crippen molar-refractivity contribution in [2.24, 2.45) is 0 Å². The molecule has 0 saturated carbocycles. The molecule has 6 heteroatoms. The zero-order valence-corrected chi connectivity index (χ0v) is 13.1. The number of aromatic nitrogens is 4. The topological polar surface area (TPSA) is 55.1 Å². The van der Waals surface area contributed by atoms with Gasteiger partial charge in [0.1, 0.15) is 5.52 Å². The lowest BCUT2D eigenvalue weighted by atomic mass is 10.2. The third kappa shape index (κ3) is 3.38. The number of rotatable bonds is 5. The van der Waals surface area contributed by atoms with Gasteiger partial charge >= 0.3 is 0 Å². The molecule has 0 saturated heterocycles. The largest absolute Gasteiger partial charge is 0.338 e. The van der Waals surface area contributed by atoms with Gasteiger partial charge in [-0.1, -0.05) is 30.9 Å². The Bertz CT molecular complexity index is 939. The van der Waals surface area contributed by atoms with E-state index in [0.29, 0.717) is 22.9 Å². The molecule has 0 fully saturated rings. The van der Waals surface area contributed by atoms with Crippen molar-refractivity contribution in [2.45, 2.75) is 6.92 Å². The van der Waals surface area contributed by atoms with Crippen LogP contribution in [0.15, 0.2) is 67.5 Å². The third-order valence-electron chi connectivity index (χ3n) is 3.27. The van der Waals surface area contributed by atoms with E-state index >= 15 is 0 Å². The van der Waals surface area contributed by atoms with E-state index in [4.69, 9.17) is 0 Å². The molecule has 0 amide bonds. The molecule has 0 aliphatic rings. The second-order valence-electron chi connectivity index (χ2n) is 5.02. The summed E-state index contributed by atoms with van der Waals surface area (Å²) >= 11 is 0. The van der Waals surface area contributed by atoms with Gasteiger partial charge in [0.25, 0.3) is 0 Å². The highest BCUT2D eigenvalue weighted by Crippen LogP contribution is 2.22. The highest BCUT2D eigenvalue weighted by molar-refractivity contribution is 5.76. The van der Waals surface area contributed by atoms with Crippen molar-refractivity contribution < 1.29 is 4.39 Å². The summed E-state index contributed by atoms with van der Waals surface area (Å²) in [5.74, 6) is 0.493. The number of pyridine rings is 1. The van der Waals surface area contributed by atoms with Crippen LogP contribution in [0.2, 0.25) is 0 Å². The van der Waals surface area contributed by atoms with E-state index in [2.05, 4.69) is 27.0 Å². The Balaban J connectivity index is 2.00. The van der Waals surface area contributed by atoms with Crippen molar-refractivity contribution in [3.63, 3.8) is 0 Å². The van der Waals surface area contributed by atoms with Crippen molar-refractivity contribution in [3.05, 3.63) is 79.3 Å². The summed E-state index contributed by atoms with van der Waals surface area (Å²) in [6, 6.07) is 6.72. The molecule has 3 heterocycles. The summed E-state index contributed by atoms with van der Waals surface area (Å²) in [7, 11) is 0. The maximum absolute atomic E-state index is 13.3. The molecule has 0 aromatic carbocycles. The van der Waals surface area contributed by atoms with Gasteiger partial charge in [0.15, 0.2) is 11.6 Å². The zero-order valence-electron chi connectivity index (χ0n) is 13.1.